The highest BCUT2D eigenvalue weighted by Crippen LogP contribution is 2.13. The van der Waals surface area contributed by atoms with Crippen molar-refractivity contribution in [3.05, 3.63) is 11.6 Å². The topological polar surface area (TPSA) is 61.2 Å². The van der Waals surface area contributed by atoms with Gasteiger partial charge in [-0.05, 0) is 19.3 Å². The van der Waals surface area contributed by atoms with E-state index in [4.69, 9.17) is 10.5 Å². The van der Waals surface area contributed by atoms with Crippen LogP contribution < -0.4 is 0 Å². The van der Waals surface area contributed by atoms with Crippen molar-refractivity contribution in [2.45, 2.75) is 19.3 Å². The zero-order chi connectivity index (χ0) is 7.56. The Hall–Kier alpha value is -1.12. The van der Waals surface area contributed by atoms with Crippen molar-refractivity contribution in [2.24, 2.45) is 0 Å². The molecule has 2 N–H and O–H groups in total. The fraction of sp³-hybridized carbons (Fsp3) is 0.429. The lowest BCUT2D eigenvalue weighted by Gasteiger charge is -2.08. The maximum absolute atomic E-state index is 10.4. The second-order valence-electron chi connectivity index (χ2n) is 2.29. The molecule has 0 aliphatic heterocycles. The lowest BCUT2D eigenvalue weighted by atomic mass is 9.98. The molecular formula is C7H9NO2. The van der Waals surface area contributed by atoms with Gasteiger partial charge in [-0.25, -0.2) is 4.79 Å². The number of aliphatic carboxylic acids is 1. The summed E-state index contributed by atoms with van der Waals surface area (Å²) in [5.41, 5.74) is 0.449. The number of hydrogen-bond donors (Lipinski definition) is 2. The Morgan fingerprint density at radius 3 is 2.80 bits per heavy atom. The highest BCUT2D eigenvalue weighted by Gasteiger charge is 2.15. The normalized spacial score (nSPS) is 18.4. The number of rotatable bonds is 1. The molecule has 0 saturated carbocycles. The molecule has 1 aliphatic rings. The molecule has 54 valence electrons. The summed E-state index contributed by atoms with van der Waals surface area (Å²) in [6.45, 7) is 0. The van der Waals surface area contributed by atoms with Crippen LogP contribution in [0.25, 0.3) is 0 Å². The Labute approximate surface area is 58.9 Å². The van der Waals surface area contributed by atoms with Gasteiger partial charge in [-0.3, -0.25) is 0 Å². The highest BCUT2D eigenvalue weighted by atomic mass is 16.4. The van der Waals surface area contributed by atoms with E-state index in [0.717, 1.165) is 12.8 Å². The monoisotopic (exact) mass is 139 g/mol. The zero-order valence-electron chi connectivity index (χ0n) is 5.55. The molecule has 0 unspecified atom stereocenters. The third kappa shape index (κ3) is 1.23. The summed E-state index contributed by atoms with van der Waals surface area (Å²) in [6, 6.07) is 0. The smallest absolute Gasteiger partial charge is 0.337 e. The maximum Gasteiger partial charge on any atom is 0.337 e. The van der Waals surface area contributed by atoms with Crippen LogP contribution in [0.5, 0.6) is 0 Å². The zero-order valence-corrected chi connectivity index (χ0v) is 5.55. The lowest BCUT2D eigenvalue weighted by molar-refractivity contribution is -0.132. The van der Waals surface area contributed by atoms with E-state index in [2.05, 4.69) is 0 Å². The third-order valence-electron chi connectivity index (χ3n) is 1.53. The number of nitrogens with one attached hydrogen (secondary N) is 1. The van der Waals surface area contributed by atoms with Gasteiger partial charge in [0, 0.05) is 5.71 Å². The molecule has 0 aromatic heterocycles. The average Bonchev–Trinajstić information content (AvgIpc) is 1.88. The lowest BCUT2D eigenvalue weighted by Crippen LogP contribution is -2.14. The molecule has 1 rings (SSSR count). The molecule has 0 bridgehead atoms. The van der Waals surface area contributed by atoms with Gasteiger partial charge in [0.15, 0.2) is 0 Å². The fourth-order valence-electron chi connectivity index (χ4n) is 0.999. The number of carboxylic acids is 1. The molecule has 0 aromatic rings. The molecule has 1 aliphatic carbocycles. The van der Waals surface area contributed by atoms with Crippen molar-refractivity contribution < 1.29 is 9.90 Å². The Morgan fingerprint density at radius 2 is 2.40 bits per heavy atom. The van der Waals surface area contributed by atoms with Crippen molar-refractivity contribution in [2.75, 3.05) is 0 Å². The van der Waals surface area contributed by atoms with Gasteiger partial charge in [0.2, 0.25) is 0 Å². The van der Waals surface area contributed by atoms with E-state index in [9.17, 15) is 4.79 Å². The van der Waals surface area contributed by atoms with Crippen LogP contribution in [0.2, 0.25) is 0 Å². The molecule has 10 heavy (non-hydrogen) atoms. The molecule has 3 nitrogen and oxygen atoms in total. The van der Waals surface area contributed by atoms with E-state index in [1.165, 1.54) is 0 Å². The van der Waals surface area contributed by atoms with Crippen LogP contribution in [0.15, 0.2) is 11.6 Å². The van der Waals surface area contributed by atoms with E-state index >= 15 is 0 Å². The first kappa shape index (κ1) is 6.99. The van der Waals surface area contributed by atoms with Gasteiger partial charge < -0.3 is 10.5 Å². The number of carboxylic acid groups (broad SMARTS) is 1. The number of carbonyl (C=O) groups is 1. The minimum atomic E-state index is -0.968. The SMILES string of the molecule is N=C1CCCC=C1C(=O)O. The first-order valence-electron chi connectivity index (χ1n) is 3.23. The van der Waals surface area contributed by atoms with Gasteiger partial charge in [-0.15, -0.1) is 0 Å². The van der Waals surface area contributed by atoms with Crippen molar-refractivity contribution in [3.63, 3.8) is 0 Å². The molecule has 0 aromatic carbocycles. The molecule has 0 spiro atoms. The summed E-state index contributed by atoms with van der Waals surface area (Å²) < 4.78 is 0. The number of allylic oxidation sites excluding steroid dienone is 1. The van der Waals surface area contributed by atoms with E-state index in [1.54, 1.807) is 6.08 Å². The van der Waals surface area contributed by atoms with Crippen LogP contribution >= 0.6 is 0 Å². The Morgan fingerprint density at radius 1 is 1.70 bits per heavy atom. The summed E-state index contributed by atoms with van der Waals surface area (Å²) in [5, 5.41) is 15.7. The van der Waals surface area contributed by atoms with Crippen molar-refractivity contribution >= 4 is 11.7 Å². The summed E-state index contributed by atoms with van der Waals surface area (Å²) in [7, 11) is 0. The first-order valence-corrected chi connectivity index (χ1v) is 3.23. The molecule has 0 fully saturated rings. The van der Waals surface area contributed by atoms with E-state index in [1.807, 2.05) is 0 Å². The third-order valence-corrected chi connectivity index (χ3v) is 1.53. The molecular weight excluding hydrogens is 130 g/mol. The molecule has 3 heteroatoms. The van der Waals surface area contributed by atoms with E-state index in [0.29, 0.717) is 6.42 Å². The standard InChI is InChI=1S/C7H9NO2/c8-6-4-2-1-3-5(6)7(9)10/h3,8H,1-2,4H2,(H,9,10). The predicted octanol–water partition coefficient (Wildman–Crippen LogP) is 1.20. The maximum atomic E-state index is 10.4. The summed E-state index contributed by atoms with van der Waals surface area (Å²) >= 11 is 0. The molecule has 0 heterocycles. The van der Waals surface area contributed by atoms with Crippen molar-refractivity contribution in [1.29, 1.82) is 5.41 Å². The minimum Gasteiger partial charge on any atom is -0.478 e. The second kappa shape index (κ2) is 2.64. The second-order valence-corrected chi connectivity index (χ2v) is 2.29. The summed E-state index contributed by atoms with van der Waals surface area (Å²) in [6.07, 6.45) is 3.94. The fourth-order valence-corrected chi connectivity index (χ4v) is 0.999. The van der Waals surface area contributed by atoms with Crippen LogP contribution in [-0.2, 0) is 4.79 Å². The first-order chi connectivity index (χ1) is 4.72. The Kier molecular flexibility index (Phi) is 1.85. The molecule has 0 atom stereocenters. The van der Waals surface area contributed by atoms with Gasteiger partial charge in [0.05, 0.1) is 5.57 Å². The summed E-state index contributed by atoms with van der Waals surface area (Å²) in [5.74, 6) is -0.968. The largest absolute Gasteiger partial charge is 0.478 e. The Bertz CT molecular complexity index is 206. The van der Waals surface area contributed by atoms with Crippen molar-refractivity contribution in [3.8, 4) is 0 Å². The van der Waals surface area contributed by atoms with E-state index in [-0.39, 0.29) is 11.3 Å². The molecule has 0 saturated heterocycles. The van der Waals surface area contributed by atoms with Gasteiger partial charge >= 0.3 is 5.97 Å². The van der Waals surface area contributed by atoms with Crippen LogP contribution in [0.3, 0.4) is 0 Å². The van der Waals surface area contributed by atoms with Crippen LogP contribution in [0, 0.1) is 5.41 Å². The van der Waals surface area contributed by atoms with Crippen LogP contribution in [0.4, 0.5) is 0 Å². The predicted molar refractivity (Wildman–Crippen MR) is 37.3 cm³/mol. The van der Waals surface area contributed by atoms with Gasteiger partial charge in [0.1, 0.15) is 0 Å². The molecule has 0 radical (unpaired) electrons. The minimum absolute atomic E-state index is 0.186. The van der Waals surface area contributed by atoms with Crippen LogP contribution in [-0.4, -0.2) is 16.8 Å². The molecule has 0 amide bonds. The van der Waals surface area contributed by atoms with Gasteiger partial charge in [0.25, 0.3) is 0 Å². The van der Waals surface area contributed by atoms with Crippen molar-refractivity contribution in [1.82, 2.24) is 0 Å². The highest BCUT2D eigenvalue weighted by molar-refractivity contribution is 6.18. The quantitative estimate of drug-likeness (QED) is 0.573. The number of hydrogen-bond acceptors (Lipinski definition) is 2. The van der Waals surface area contributed by atoms with E-state index < -0.39 is 5.97 Å². The summed E-state index contributed by atoms with van der Waals surface area (Å²) in [4.78, 5) is 10.4. The van der Waals surface area contributed by atoms with Crippen LogP contribution in [0.1, 0.15) is 19.3 Å². The Balaban J connectivity index is 2.81. The van der Waals surface area contributed by atoms with Gasteiger partial charge in [-0.2, -0.15) is 0 Å². The van der Waals surface area contributed by atoms with Gasteiger partial charge in [-0.1, -0.05) is 6.08 Å². The average molecular weight is 139 g/mol.